The lowest BCUT2D eigenvalue weighted by Gasteiger charge is -2.25. The fourth-order valence-corrected chi connectivity index (χ4v) is 4.87. The van der Waals surface area contributed by atoms with E-state index in [2.05, 4.69) is 5.32 Å². The maximum absolute atomic E-state index is 14.8. The number of aliphatic hydroxyl groups excluding tert-OH is 1. The standard InChI is InChI=1S/C19H28FN3O5S/c1-2-4-18(24)21-12-15-13-23(19(25)28-15)14-5-6-17(16(20)11-14)22-7-3-9-29(26,27)10-8-22/h5-6,11,15,19,25H,2-4,7-10,12-13H2,1H3,(H,21,24)/t15-,19?/m0/s1. The predicted octanol–water partition coefficient (Wildman–Crippen LogP) is 0.848. The highest BCUT2D eigenvalue weighted by molar-refractivity contribution is 7.91. The Morgan fingerprint density at radius 2 is 2.14 bits per heavy atom. The number of rotatable bonds is 6. The van der Waals surface area contributed by atoms with Gasteiger partial charge in [-0.3, -0.25) is 4.79 Å². The Morgan fingerprint density at radius 1 is 1.34 bits per heavy atom. The molecule has 2 atom stereocenters. The Labute approximate surface area is 170 Å². The van der Waals surface area contributed by atoms with E-state index in [1.165, 1.54) is 11.0 Å². The quantitative estimate of drug-likeness (QED) is 0.692. The molecule has 2 N–H and O–H groups in total. The van der Waals surface area contributed by atoms with Gasteiger partial charge in [0.1, 0.15) is 5.82 Å². The lowest BCUT2D eigenvalue weighted by Crippen LogP contribution is -2.34. The van der Waals surface area contributed by atoms with Crippen LogP contribution in [0.5, 0.6) is 0 Å². The number of hydrogen-bond donors (Lipinski definition) is 2. The van der Waals surface area contributed by atoms with Crippen LogP contribution < -0.4 is 15.1 Å². The number of ether oxygens (including phenoxy) is 1. The van der Waals surface area contributed by atoms with Crippen molar-refractivity contribution in [2.24, 2.45) is 0 Å². The molecule has 0 aromatic heterocycles. The Balaban J connectivity index is 1.64. The molecule has 0 spiro atoms. The number of nitrogens with one attached hydrogen (secondary N) is 1. The second kappa shape index (κ2) is 9.27. The summed E-state index contributed by atoms with van der Waals surface area (Å²) in [5.41, 5.74) is 0.812. The number of hydrogen-bond acceptors (Lipinski definition) is 7. The number of sulfone groups is 1. The van der Waals surface area contributed by atoms with Crippen molar-refractivity contribution >= 4 is 27.1 Å². The summed E-state index contributed by atoms with van der Waals surface area (Å²) in [5.74, 6) is -0.415. The molecule has 0 aliphatic carbocycles. The third-order valence-corrected chi connectivity index (χ3v) is 6.86. The maximum atomic E-state index is 14.8. The van der Waals surface area contributed by atoms with Gasteiger partial charge in [-0.15, -0.1) is 0 Å². The van der Waals surface area contributed by atoms with E-state index >= 15 is 0 Å². The van der Waals surface area contributed by atoms with E-state index in [0.29, 0.717) is 37.3 Å². The highest BCUT2D eigenvalue weighted by atomic mass is 32.2. The summed E-state index contributed by atoms with van der Waals surface area (Å²) in [4.78, 5) is 14.9. The molecular weight excluding hydrogens is 401 g/mol. The van der Waals surface area contributed by atoms with Gasteiger partial charge in [-0.25, -0.2) is 12.8 Å². The molecule has 1 unspecified atom stereocenters. The molecule has 1 aromatic carbocycles. The van der Waals surface area contributed by atoms with Gasteiger partial charge < -0.3 is 25.0 Å². The van der Waals surface area contributed by atoms with E-state index in [9.17, 15) is 22.7 Å². The fraction of sp³-hybridized carbons (Fsp3) is 0.632. The summed E-state index contributed by atoms with van der Waals surface area (Å²) in [7, 11) is -3.07. The summed E-state index contributed by atoms with van der Waals surface area (Å²) in [6, 6.07) is 4.60. The highest BCUT2D eigenvalue weighted by Gasteiger charge is 2.32. The Bertz CT molecular complexity index is 835. The summed E-state index contributed by atoms with van der Waals surface area (Å²) in [6.45, 7) is 3.24. The summed E-state index contributed by atoms with van der Waals surface area (Å²) in [6.07, 6.45) is 0.0265. The zero-order valence-corrected chi connectivity index (χ0v) is 17.3. The van der Waals surface area contributed by atoms with Crippen LogP contribution in [0.15, 0.2) is 18.2 Å². The molecule has 0 saturated carbocycles. The maximum Gasteiger partial charge on any atom is 0.238 e. The van der Waals surface area contributed by atoms with Crippen molar-refractivity contribution in [2.75, 3.05) is 47.5 Å². The van der Waals surface area contributed by atoms with Gasteiger partial charge in [0.25, 0.3) is 0 Å². The average molecular weight is 430 g/mol. The van der Waals surface area contributed by atoms with Crippen molar-refractivity contribution in [3.8, 4) is 0 Å². The van der Waals surface area contributed by atoms with Crippen molar-refractivity contribution in [3.63, 3.8) is 0 Å². The smallest absolute Gasteiger partial charge is 0.238 e. The lowest BCUT2D eigenvalue weighted by atomic mass is 10.2. The molecule has 2 saturated heterocycles. The third kappa shape index (κ3) is 5.58. The monoisotopic (exact) mass is 429 g/mol. The first kappa shape index (κ1) is 21.8. The normalized spacial score (nSPS) is 24.4. The second-order valence-electron chi connectivity index (χ2n) is 7.42. The van der Waals surface area contributed by atoms with E-state index in [-0.39, 0.29) is 30.5 Å². The molecule has 10 heteroatoms. The number of nitrogens with zero attached hydrogens (tertiary/aromatic N) is 2. The number of benzene rings is 1. The van der Waals surface area contributed by atoms with Gasteiger partial charge in [-0.05, 0) is 31.0 Å². The number of aliphatic hydroxyl groups is 1. The van der Waals surface area contributed by atoms with Crippen molar-refractivity contribution in [1.82, 2.24) is 5.32 Å². The van der Waals surface area contributed by atoms with E-state index in [1.807, 2.05) is 6.92 Å². The second-order valence-corrected chi connectivity index (χ2v) is 9.72. The van der Waals surface area contributed by atoms with Gasteiger partial charge in [0.2, 0.25) is 12.3 Å². The minimum Gasteiger partial charge on any atom is -0.368 e. The van der Waals surface area contributed by atoms with Crippen LogP contribution in [0.25, 0.3) is 0 Å². The Kier molecular flexibility index (Phi) is 6.97. The molecule has 8 nitrogen and oxygen atoms in total. The fourth-order valence-electron chi connectivity index (χ4n) is 3.60. The largest absolute Gasteiger partial charge is 0.368 e. The Morgan fingerprint density at radius 3 is 2.86 bits per heavy atom. The number of halogens is 1. The van der Waals surface area contributed by atoms with Gasteiger partial charge in [0.05, 0.1) is 29.8 Å². The molecule has 0 radical (unpaired) electrons. The van der Waals surface area contributed by atoms with Gasteiger partial charge in [-0.2, -0.15) is 0 Å². The minimum absolute atomic E-state index is 0.0122. The number of carbonyl (C=O) groups excluding carboxylic acids is 1. The van der Waals surface area contributed by atoms with Crippen LogP contribution >= 0.6 is 0 Å². The predicted molar refractivity (Wildman–Crippen MR) is 108 cm³/mol. The number of carbonyl (C=O) groups is 1. The molecule has 2 fully saturated rings. The number of amides is 1. The Hall–Kier alpha value is -1.91. The van der Waals surface area contributed by atoms with Crippen LogP contribution in [-0.4, -0.2) is 69.6 Å². The minimum atomic E-state index is -3.07. The first-order valence-electron chi connectivity index (χ1n) is 9.91. The summed E-state index contributed by atoms with van der Waals surface area (Å²) >= 11 is 0. The van der Waals surface area contributed by atoms with E-state index < -0.39 is 28.2 Å². The van der Waals surface area contributed by atoms with Crippen LogP contribution in [0.1, 0.15) is 26.2 Å². The molecule has 2 heterocycles. The van der Waals surface area contributed by atoms with Gasteiger partial charge in [0.15, 0.2) is 9.84 Å². The van der Waals surface area contributed by atoms with Gasteiger partial charge in [0, 0.05) is 31.7 Å². The van der Waals surface area contributed by atoms with Crippen LogP contribution in [0, 0.1) is 5.82 Å². The van der Waals surface area contributed by atoms with Crippen molar-refractivity contribution in [3.05, 3.63) is 24.0 Å². The van der Waals surface area contributed by atoms with Gasteiger partial charge >= 0.3 is 0 Å². The number of anilines is 2. The molecule has 162 valence electrons. The zero-order valence-electron chi connectivity index (χ0n) is 16.5. The third-order valence-electron chi connectivity index (χ3n) is 5.14. The molecule has 1 amide bonds. The van der Waals surface area contributed by atoms with Crippen LogP contribution in [-0.2, 0) is 19.4 Å². The highest BCUT2D eigenvalue weighted by Crippen LogP contribution is 2.29. The lowest BCUT2D eigenvalue weighted by molar-refractivity contribution is -0.123. The molecule has 3 rings (SSSR count). The van der Waals surface area contributed by atoms with Crippen molar-refractivity contribution in [1.29, 1.82) is 0 Å². The zero-order chi connectivity index (χ0) is 21.0. The average Bonchev–Trinajstić information content (AvgIpc) is 2.94. The molecule has 2 aliphatic rings. The topological polar surface area (TPSA) is 99.2 Å². The van der Waals surface area contributed by atoms with Crippen molar-refractivity contribution < 1.29 is 27.4 Å². The SMILES string of the molecule is CCCC(=O)NC[C@H]1CN(c2ccc(N3CCCS(=O)(=O)CC3)c(F)c2)C(O)O1. The molecular formula is C19H28FN3O5S. The first-order valence-corrected chi connectivity index (χ1v) is 11.7. The molecule has 29 heavy (non-hydrogen) atoms. The van der Waals surface area contributed by atoms with E-state index in [0.717, 1.165) is 6.42 Å². The molecule has 0 bridgehead atoms. The van der Waals surface area contributed by atoms with Crippen LogP contribution in [0.3, 0.4) is 0 Å². The summed E-state index contributed by atoms with van der Waals surface area (Å²) < 4.78 is 43.8. The first-order chi connectivity index (χ1) is 13.8. The molecule has 1 aromatic rings. The van der Waals surface area contributed by atoms with Crippen molar-refractivity contribution in [2.45, 2.75) is 38.7 Å². The van der Waals surface area contributed by atoms with Gasteiger partial charge in [-0.1, -0.05) is 6.92 Å². The van der Waals surface area contributed by atoms with Crippen LogP contribution in [0.2, 0.25) is 0 Å². The van der Waals surface area contributed by atoms with E-state index in [1.54, 1.807) is 17.0 Å². The summed E-state index contributed by atoms with van der Waals surface area (Å²) in [5, 5.41) is 12.9. The van der Waals surface area contributed by atoms with Crippen LogP contribution in [0.4, 0.5) is 15.8 Å². The molecule has 2 aliphatic heterocycles. The van der Waals surface area contributed by atoms with E-state index in [4.69, 9.17) is 4.74 Å².